The molecule has 0 radical (unpaired) electrons. The minimum absolute atomic E-state index is 0.358. The number of hydrogen-bond donors (Lipinski definition) is 1. The molecule has 2 rings (SSSR count). The van der Waals surface area contributed by atoms with Crippen LogP contribution in [0.5, 0.6) is 11.6 Å². The molecule has 0 fully saturated rings. The van der Waals surface area contributed by atoms with Gasteiger partial charge in [0.15, 0.2) is 0 Å². The molecule has 20 heavy (non-hydrogen) atoms. The minimum Gasteiger partial charge on any atom is -0.439 e. The molecule has 1 aromatic carbocycles. The van der Waals surface area contributed by atoms with Gasteiger partial charge in [-0.05, 0) is 52.7 Å². The summed E-state index contributed by atoms with van der Waals surface area (Å²) in [5, 5.41) is 3.31. The topological polar surface area (TPSA) is 34.2 Å². The molecule has 1 N–H and O–H groups in total. The van der Waals surface area contributed by atoms with E-state index in [2.05, 4.69) is 33.2 Å². The zero-order valence-electron chi connectivity index (χ0n) is 11.2. The van der Waals surface area contributed by atoms with Crippen molar-refractivity contribution in [1.82, 2.24) is 10.3 Å². The molecule has 0 aliphatic carbocycles. The van der Waals surface area contributed by atoms with E-state index in [0.717, 1.165) is 25.1 Å². The van der Waals surface area contributed by atoms with E-state index in [9.17, 15) is 4.39 Å². The lowest BCUT2D eigenvalue weighted by Crippen LogP contribution is -2.13. The van der Waals surface area contributed by atoms with Crippen molar-refractivity contribution in [2.24, 2.45) is 0 Å². The highest BCUT2D eigenvalue weighted by molar-refractivity contribution is 9.10. The Morgan fingerprint density at radius 1 is 1.30 bits per heavy atom. The number of ether oxygens (including phenoxy) is 1. The maximum atomic E-state index is 13.4. The van der Waals surface area contributed by atoms with Crippen LogP contribution in [0.15, 0.2) is 41.0 Å². The molecule has 0 aliphatic rings. The van der Waals surface area contributed by atoms with Crippen LogP contribution >= 0.6 is 15.9 Å². The van der Waals surface area contributed by atoms with Crippen LogP contribution in [0.1, 0.15) is 18.9 Å². The monoisotopic (exact) mass is 338 g/mol. The van der Waals surface area contributed by atoms with Gasteiger partial charge >= 0.3 is 0 Å². The van der Waals surface area contributed by atoms with E-state index < -0.39 is 0 Å². The van der Waals surface area contributed by atoms with Gasteiger partial charge in [0.05, 0.1) is 4.47 Å². The van der Waals surface area contributed by atoms with Gasteiger partial charge in [-0.15, -0.1) is 0 Å². The third-order valence-electron chi connectivity index (χ3n) is 2.67. The molecular formula is C15H16BrFN2O. The molecule has 1 heterocycles. The van der Waals surface area contributed by atoms with Gasteiger partial charge in [0.1, 0.15) is 11.6 Å². The summed E-state index contributed by atoms with van der Waals surface area (Å²) in [4.78, 5) is 4.13. The average molecular weight is 339 g/mol. The van der Waals surface area contributed by atoms with Gasteiger partial charge in [0.25, 0.3) is 0 Å². The van der Waals surface area contributed by atoms with E-state index in [0.29, 0.717) is 16.1 Å². The second-order valence-corrected chi connectivity index (χ2v) is 5.21. The largest absolute Gasteiger partial charge is 0.439 e. The lowest BCUT2D eigenvalue weighted by atomic mass is 10.2. The average Bonchev–Trinajstić information content (AvgIpc) is 2.44. The van der Waals surface area contributed by atoms with E-state index >= 15 is 0 Å². The van der Waals surface area contributed by atoms with Crippen molar-refractivity contribution >= 4 is 15.9 Å². The van der Waals surface area contributed by atoms with Crippen molar-refractivity contribution in [3.8, 4) is 11.6 Å². The van der Waals surface area contributed by atoms with E-state index in [-0.39, 0.29) is 5.82 Å². The molecule has 0 amide bonds. The van der Waals surface area contributed by atoms with Gasteiger partial charge in [-0.25, -0.2) is 9.37 Å². The molecule has 0 saturated heterocycles. The van der Waals surface area contributed by atoms with E-state index in [4.69, 9.17) is 4.74 Å². The van der Waals surface area contributed by atoms with Crippen molar-refractivity contribution in [3.05, 3.63) is 52.4 Å². The summed E-state index contributed by atoms with van der Waals surface area (Å²) in [5.41, 5.74) is 1.08. The molecule has 1 aromatic heterocycles. The maximum Gasteiger partial charge on any atom is 0.219 e. The molecule has 5 heteroatoms. The number of rotatable bonds is 6. The van der Waals surface area contributed by atoms with Crippen LogP contribution in [-0.2, 0) is 6.54 Å². The molecule has 106 valence electrons. The van der Waals surface area contributed by atoms with Crippen LogP contribution in [0.3, 0.4) is 0 Å². The number of pyridine rings is 1. The van der Waals surface area contributed by atoms with Crippen molar-refractivity contribution in [1.29, 1.82) is 0 Å². The first-order valence-corrected chi connectivity index (χ1v) is 7.27. The van der Waals surface area contributed by atoms with Crippen molar-refractivity contribution in [3.63, 3.8) is 0 Å². The van der Waals surface area contributed by atoms with Crippen LogP contribution in [0.25, 0.3) is 0 Å². The summed E-state index contributed by atoms with van der Waals surface area (Å²) in [5.74, 6) is 0.530. The number of benzene rings is 1. The fraction of sp³-hybridized carbons (Fsp3) is 0.267. The van der Waals surface area contributed by atoms with Gasteiger partial charge in [-0.1, -0.05) is 6.92 Å². The molecule has 3 nitrogen and oxygen atoms in total. The summed E-state index contributed by atoms with van der Waals surface area (Å²) in [6, 6.07) is 8.40. The predicted octanol–water partition coefficient (Wildman–Crippen LogP) is 4.28. The van der Waals surface area contributed by atoms with Crippen LogP contribution < -0.4 is 10.1 Å². The first kappa shape index (κ1) is 14.9. The Balaban J connectivity index is 2.05. The molecule has 0 atom stereocenters. The Bertz CT molecular complexity index is 578. The van der Waals surface area contributed by atoms with Crippen molar-refractivity contribution < 1.29 is 9.13 Å². The normalized spacial score (nSPS) is 10.6. The number of hydrogen-bond acceptors (Lipinski definition) is 3. The molecule has 0 saturated carbocycles. The van der Waals surface area contributed by atoms with Gasteiger partial charge in [-0.2, -0.15) is 0 Å². The molecule has 2 aromatic rings. The highest BCUT2D eigenvalue weighted by Gasteiger charge is 2.04. The highest BCUT2D eigenvalue weighted by atomic mass is 79.9. The molecular weight excluding hydrogens is 323 g/mol. The second-order valence-electron chi connectivity index (χ2n) is 4.36. The fourth-order valence-electron chi connectivity index (χ4n) is 1.69. The first-order chi connectivity index (χ1) is 9.69. The highest BCUT2D eigenvalue weighted by Crippen LogP contribution is 2.24. The van der Waals surface area contributed by atoms with Gasteiger partial charge in [0.2, 0.25) is 5.88 Å². The lowest BCUT2D eigenvalue weighted by molar-refractivity contribution is 0.456. The van der Waals surface area contributed by atoms with Crippen LogP contribution in [0.4, 0.5) is 4.39 Å². The quantitative estimate of drug-likeness (QED) is 0.798. The van der Waals surface area contributed by atoms with E-state index in [1.54, 1.807) is 18.3 Å². The zero-order chi connectivity index (χ0) is 14.4. The Labute approximate surface area is 126 Å². The van der Waals surface area contributed by atoms with Gasteiger partial charge in [-0.3, -0.25) is 0 Å². The Hall–Kier alpha value is -1.46. The van der Waals surface area contributed by atoms with Crippen molar-refractivity contribution in [2.75, 3.05) is 6.54 Å². The SMILES string of the molecule is CCCNCc1ccnc(Oc2ccc(Br)c(F)c2)c1. The van der Waals surface area contributed by atoms with Crippen LogP contribution in [0.2, 0.25) is 0 Å². The summed E-state index contributed by atoms with van der Waals surface area (Å²) < 4.78 is 19.4. The Kier molecular flexibility index (Phi) is 5.49. The first-order valence-electron chi connectivity index (χ1n) is 6.47. The zero-order valence-corrected chi connectivity index (χ0v) is 12.8. The molecule has 0 aliphatic heterocycles. The Morgan fingerprint density at radius 3 is 2.90 bits per heavy atom. The van der Waals surface area contributed by atoms with E-state index in [1.165, 1.54) is 6.07 Å². The van der Waals surface area contributed by atoms with Crippen LogP contribution in [0, 0.1) is 5.82 Å². The maximum absolute atomic E-state index is 13.4. The smallest absolute Gasteiger partial charge is 0.219 e. The number of nitrogens with one attached hydrogen (secondary N) is 1. The van der Waals surface area contributed by atoms with Gasteiger partial charge in [0, 0.05) is 24.9 Å². The standard InChI is InChI=1S/C15H16BrFN2O/c1-2-6-18-10-11-5-7-19-15(8-11)20-12-3-4-13(16)14(17)9-12/h3-5,7-9,18H,2,6,10H2,1H3. The van der Waals surface area contributed by atoms with Gasteiger partial charge < -0.3 is 10.1 Å². The molecule has 0 bridgehead atoms. The van der Waals surface area contributed by atoms with E-state index in [1.807, 2.05) is 12.1 Å². The fourth-order valence-corrected chi connectivity index (χ4v) is 1.93. The third-order valence-corrected chi connectivity index (χ3v) is 3.31. The molecule has 0 spiro atoms. The van der Waals surface area contributed by atoms with Crippen LogP contribution in [-0.4, -0.2) is 11.5 Å². The predicted molar refractivity (Wildman–Crippen MR) is 80.4 cm³/mol. The minimum atomic E-state index is -0.358. The second kappa shape index (κ2) is 7.36. The molecule has 0 unspecified atom stereocenters. The van der Waals surface area contributed by atoms with Crippen molar-refractivity contribution in [2.45, 2.75) is 19.9 Å². The number of nitrogens with zero attached hydrogens (tertiary/aromatic N) is 1. The summed E-state index contributed by atoms with van der Waals surface area (Å²) in [6.45, 7) is 3.86. The third kappa shape index (κ3) is 4.28. The number of aromatic nitrogens is 1. The summed E-state index contributed by atoms with van der Waals surface area (Å²) in [7, 11) is 0. The Morgan fingerprint density at radius 2 is 2.15 bits per heavy atom. The number of halogens is 2. The summed E-state index contributed by atoms with van der Waals surface area (Å²) in [6.07, 6.45) is 2.78. The lowest BCUT2D eigenvalue weighted by Gasteiger charge is -2.08. The summed E-state index contributed by atoms with van der Waals surface area (Å²) >= 11 is 3.11.